The molecule has 1 aromatic rings. The van der Waals surface area contributed by atoms with Crippen molar-refractivity contribution in [1.82, 2.24) is 4.72 Å². The number of halogens is 2. The second-order valence-electron chi connectivity index (χ2n) is 4.29. The van der Waals surface area contributed by atoms with Gasteiger partial charge in [-0.05, 0) is 22.4 Å². The lowest BCUT2D eigenvalue weighted by Crippen LogP contribution is -2.32. The first kappa shape index (κ1) is 18.3. The Bertz CT molecular complexity index is 638. The molecule has 0 radical (unpaired) electrons. The fraction of sp³-hybridized carbons (Fsp3) is 0.455. The summed E-state index contributed by atoms with van der Waals surface area (Å²) in [5.41, 5.74) is -0.402. The molecule has 0 aliphatic heterocycles. The van der Waals surface area contributed by atoms with Gasteiger partial charge in [-0.2, -0.15) is 0 Å². The van der Waals surface area contributed by atoms with Gasteiger partial charge in [0.1, 0.15) is 4.90 Å². The standard InChI is InChI=1S/C11H14BrClN2O5S/c1-2-3-8(16)6-14-21(19,20)10-5-7(15(17)18)4-9(12)11(10)13/h4-5,8,14,16H,2-3,6H2,1H3. The molecule has 1 aromatic carbocycles. The molecule has 1 unspecified atom stereocenters. The largest absolute Gasteiger partial charge is 0.392 e. The van der Waals surface area contributed by atoms with E-state index in [-0.39, 0.29) is 16.0 Å². The molecule has 0 amide bonds. The van der Waals surface area contributed by atoms with E-state index in [2.05, 4.69) is 20.7 Å². The van der Waals surface area contributed by atoms with E-state index in [9.17, 15) is 23.6 Å². The summed E-state index contributed by atoms with van der Waals surface area (Å²) in [7, 11) is -4.06. The number of non-ortho nitro benzene ring substituents is 1. The number of nitro groups is 1. The van der Waals surface area contributed by atoms with Crippen LogP contribution in [0, 0.1) is 10.1 Å². The van der Waals surface area contributed by atoms with Crippen LogP contribution >= 0.6 is 27.5 Å². The number of rotatable bonds is 7. The van der Waals surface area contributed by atoms with Crippen LogP contribution in [-0.2, 0) is 10.0 Å². The summed E-state index contributed by atoms with van der Waals surface area (Å²) in [4.78, 5) is 9.66. The highest BCUT2D eigenvalue weighted by molar-refractivity contribution is 9.10. The van der Waals surface area contributed by atoms with Crippen molar-refractivity contribution in [1.29, 1.82) is 0 Å². The first-order valence-electron chi connectivity index (χ1n) is 6.00. The highest BCUT2D eigenvalue weighted by Crippen LogP contribution is 2.33. The molecule has 0 saturated carbocycles. The van der Waals surface area contributed by atoms with Crippen LogP contribution in [0.1, 0.15) is 19.8 Å². The summed E-state index contributed by atoms with van der Waals surface area (Å²) in [5, 5.41) is 20.2. The van der Waals surface area contributed by atoms with Gasteiger partial charge in [-0.1, -0.05) is 24.9 Å². The molecular weight excluding hydrogens is 388 g/mol. The minimum atomic E-state index is -4.06. The fourth-order valence-corrected chi connectivity index (χ4v) is 3.75. The molecule has 10 heteroatoms. The summed E-state index contributed by atoms with van der Waals surface area (Å²) in [6, 6.07) is 1.99. The molecule has 118 valence electrons. The lowest BCUT2D eigenvalue weighted by molar-refractivity contribution is -0.385. The molecular formula is C11H14BrClN2O5S. The number of hydrogen-bond acceptors (Lipinski definition) is 5. The van der Waals surface area contributed by atoms with Gasteiger partial charge in [0.2, 0.25) is 10.0 Å². The van der Waals surface area contributed by atoms with Gasteiger partial charge in [-0.15, -0.1) is 0 Å². The van der Waals surface area contributed by atoms with Gasteiger partial charge >= 0.3 is 0 Å². The summed E-state index contributed by atoms with van der Waals surface area (Å²) in [5.74, 6) is 0. The van der Waals surface area contributed by atoms with E-state index in [0.29, 0.717) is 12.8 Å². The van der Waals surface area contributed by atoms with E-state index in [1.165, 1.54) is 0 Å². The molecule has 0 aliphatic rings. The van der Waals surface area contributed by atoms with Crippen molar-refractivity contribution >= 4 is 43.2 Å². The Balaban J connectivity index is 3.10. The number of nitro benzene ring substituents is 1. The first-order chi connectivity index (χ1) is 9.69. The van der Waals surface area contributed by atoms with Crippen molar-refractivity contribution in [3.8, 4) is 0 Å². The van der Waals surface area contributed by atoms with Gasteiger partial charge in [-0.25, -0.2) is 13.1 Å². The molecule has 21 heavy (non-hydrogen) atoms. The Labute approximate surface area is 135 Å². The van der Waals surface area contributed by atoms with Gasteiger partial charge in [0, 0.05) is 23.2 Å². The molecule has 0 heterocycles. The van der Waals surface area contributed by atoms with E-state index < -0.39 is 31.6 Å². The van der Waals surface area contributed by atoms with Crippen molar-refractivity contribution < 1.29 is 18.4 Å². The predicted molar refractivity (Wildman–Crippen MR) is 81.9 cm³/mol. The molecule has 1 atom stereocenters. The Kier molecular flexibility index (Phi) is 6.54. The quantitative estimate of drug-likeness (QED) is 0.539. The maximum Gasteiger partial charge on any atom is 0.272 e. The number of aliphatic hydroxyl groups is 1. The lowest BCUT2D eigenvalue weighted by Gasteiger charge is -2.12. The predicted octanol–water partition coefficient (Wildman–Crippen LogP) is 2.45. The minimum Gasteiger partial charge on any atom is -0.392 e. The number of sulfonamides is 1. The number of hydrogen-bond donors (Lipinski definition) is 2. The smallest absolute Gasteiger partial charge is 0.272 e. The SMILES string of the molecule is CCCC(O)CNS(=O)(=O)c1cc([N+](=O)[O-])cc(Br)c1Cl. The normalized spacial score (nSPS) is 13.1. The lowest BCUT2D eigenvalue weighted by atomic mass is 10.2. The average Bonchev–Trinajstić information content (AvgIpc) is 2.39. The van der Waals surface area contributed by atoms with Gasteiger partial charge in [0.25, 0.3) is 5.69 Å². The van der Waals surface area contributed by atoms with Gasteiger partial charge in [-0.3, -0.25) is 10.1 Å². The summed E-state index contributed by atoms with van der Waals surface area (Å²) < 4.78 is 26.6. The number of nitrogens with zero attached hydrogens (tertiary/aromatic N) is 1. The van der Waals surface area contributed by atoms with Crippen LogP contribution in [0.4, 0.5) is 5.69 Å². The fourth-order valence-electron chi connectivity index (χ4n) is 1.57. The topological polar surface area (TPSA) is 110 Å². The van der Waals surface area contributed by atoms with Gasteiger partial charge < -0.3 is 5.11 Å². The van der Waals surface area contributed by atoms with E-state index in [0.717, 1.165) is 12.1 Å². The van der Waals surface area contributed by atoms with Crippen LogP contribution in [0.15, 0.2) is 21.5 Å². The van der Waals surface area contributed by atoms with Crippen LogP contribution in [0.2, 0.25) is 5.02 Å². The third kappa shape index (κ3) is 4.89. The second kappa shape index (κ2) is 7.50. The Morgan fingerprint density at radius 2 is 2.14 bits per heavy atom. The van der Waals surface area contributed by atoms with Gasteiger partial charge in [0.05, 0.1) is 16.0 Å². The highest BCUT2D eigenvalue weighted by atomic mass is 79.9. The molecule has 0 bridgehead atoms. The zero-order valence-electron chi connectivity index (χ0n) is 11.0. The van der Waals surface area contributed by atoms with E-state index >= 15 is 0 Å². The minimum absolute atomic E-state index is 0.104. The third-order valence-electron chi connectivity index (χ3n) is 2.61. The van der Waals surface area contributed by atoms with Crippen LogP contribution in [-0.4, -0.2) is 31.1 Å². The molecule has 0 aromatic heterocycles. The Morgan fingerprint density at radius 3 is 2.67 bits per heavy atom. The molecule has 1 rings (SSSR count). The third-order valence-corrected chi connectivity index (χ3v) is 5.43. The number of benzene rings is 1. The van der Waals surface area contributed by atoms with Crippen molar-refractivity contribution in [2.45, 2.75) is 30.8 Å². The maximum atomic E-state index is 12.1. The highest BCUT2D eigenvalue weighted by Gasteiger charge is 2.24. The van der Waals surface area contributed by atoms with Crippen molar-refractivity contribution in [2.75, 3.05) is 6.54 Å². The number of aliphatic hydroxyl groups excluding tert-OH is 1. The summed E-state index contributed by atoms with van der Waals surface area (Å²) >= 11 is 8.86. The first-order valence-corrected chi connectivity index (χ1v) is 8.65. The van der Waals surface area contributed by atoms with Crippen LogP contribution < -0.4 is 4.72 Å². The van der Waals surface area contributed by atoms with Crippen molar-refractivity contribution in [3.63, 3.8) is 0 Å². The Hall–Kier alpha value is -0.740. The zero-order chi connectivity index (χ0) is 16.2. The van der Waals surface area contributed by atoms with Crippen molar-refractivity contribution in [3.05, 3.63) is 31.7 Å². The summed E-state index contributed by atoms with van der Waals surface area (Å²) in [6.07, 6.45) is 0.312. The molecule has 0 fully saturated rings. The second-order valence-corrected chi connectivity index (χ2v) is 7.26. The van der Waals surface area contributed by atoms with Crippen LogP contribution in [0.5, 0.6) is 0 Å². The van der Waals surface area contributed by atoms with Crippen molar-refractivity contribution in [2.24, 2.45) is 0 Å². The zero-order valence-corrected chi connectivity index (χ0v) is 14.2. The van der Waals surface area contributed by atoms with E-state index in [1.807, 2.05) is 6.92 Å². The monoisotopic (exact) mass is 400 g/mol. The number of nitrogens with one attached hydrogen (secondary N) is 1. The molecule has 0 aliphatic carbocycles. The van der Waals surface area contributed by atoms with Gasteiger partial charge in [0.15, 0.2) is 0 Å². The van der Waals surface area contributed by atoms with E-state index in [4.69, 9.17) is 11.6 Å². The average molecular weight is 402 g/mol. The Morgan fingerprint density at radius 1 is 1.52 bits per heavy atom. The molecule has 2 N–H and O–H groups in total. The molecule has 0 saturated heterocycles. The van der Waals surface area contributed by atoms with Crippen LogP contribution in [0.3, 0.4) is 0 Å². The summed E-state index contributed by atoms with van der Waals surface area (Å²) in [6.45, 7) is 1.67. The van der Waals surface area contributed by atoms with Crippen LogP contribution in [0.25, 0.3) is 0 Å². The van der Waals surface area contributed by atoms with E-state index in [1.54, 1.807) is 0 Å². The maximum absolute atomic E-state index is 12.1. The molecule has 0 spiro atoms. The molecule has 7 nitrogen and oxygen atoms in total.